The van der Waals surface area contributed by atoms with Crippen molar-refractivity contribution in [1.29, 1.82) is 0 Å². The van der Waals surface area contributed by atoms with Crippen molar-refractivity contribution in [3.63, 3.8) is 0 Å². The lowest BCUT2D eigenvalue weighted by Gasteiger charge is -2.41. The zero-order chi connectivity index (χ0) is 14.7. The molecule has 2 fully saturated rings. The molecule has 1 N–H and O–H groups in total. The van der Waals surface area contributed by atoms with Gasteiger partial charge in [-0.15, -0.1) is 0 Å². The molecule has 116 valence electrons. The maximum Gasteiger partial charge on any atom is 0.133 e. The molecule has 2 aliphatic rings. The summed E-state index contributed by atoms with van der Waals surface area (Å²) in [5.74, 6) is 1.22. The van der Waals surface area contributed by atoms with Gasteiger partial charge in [-0.05, 0) is 39.3 Å². The second kappa shape index (κ2) is 6.75. The van der Waals surface area contributed by atoms with Gasteiger partial charge in [0.05, 0.1) is 0 Å². The summed E-state index contributed by atoms with van der Waals surface area (Å²) in [4.78, 5) is 9.86. The van der Waals surface area contributed by atoms with Gasteiger partial charge in [0.25, 0.3) is 0 Å². The number of pyridine rings is 1. The third kappa shape index (κ3) is 3.22. The zero-order valence-electron chi connectivity index (χ0n) is 13.4. The molecule has 0 aromatic carbocycles. The highest BCUT2D eigenvalue weighted by molar-refractivity contribution is 5.49. The summed E-state index contributed by atoms with van der Waals surface area (Å²) >= 11 is 0. The van der Waals surface area contributed by atoms with E-state index >= 15 is 0 Å². The average Bonchev–Trinajstić information content (AvgIpc) is 2.55. The fraction of sp³-hybridized carbons (Fsp3) is 0.706. The van der Waals surface area contributed by atoms with Gasteiger partial charge in [0, 0.05) is 50.0 Å². The Morgan fingerprint density at radius 3 is 2.76 bits per heavy atom. The Morgan fingerprint density at radius 1 is 1.19 bits per heavy atom. The first-order valence-electron chi connectivity index (χ1n) is 8.43. The van der Waals surface area contributed by atoms with E-state index < -0.39 is 0 Å². The summed E-state index contributed by atoms with van der Waals surface area (Å²) < 4.78 is 0. The van der Waals surface area contributed by atoms with Crippen molar-refractivity contribution >= 4 is 5.82 Å². The zero-order valence-corrected chi connectivity index (χ0v) is 13.4. The van der Waals surface area contributed by atoms with Crippen molar-refractivity contribution in [2.45, 2.75) is 45.2 Å². The highest BCUT2D eigenvalue weighted by Gasteiger charge is 2.29. The molecule has 0 bridgehead atoms. The van der Waals surface area contributed by atoms with Gasteiger partial charge in [-0.25, -0.2) is 4.98 Å². The second-order valence-corrected chi connectivity index (χ2v) is 6.50. The van der Waals surface area contributed by atoms with Crippen LogP contribution in [0.25, 0.3) is 0 Å². The lowest BCUT2D eigenvalue weighted by Crippen LogP contribution is -2.45. The monoisotopic (exact) mass is 288 g/mol. The Morgan fingerprint density at radius 2 is 2.00 bits per heavy atom. The minimum absolute atomic E-state index is 0.539. The molecule has 0 spiro atoms. The summed E-state index contributed by atoms with van der Waals surface area (Å²) in [6.07, 6.45) is 5.88. The van der Waals surface area contributed by atoms with Crippen LogP contribution in [-0.2, 0) is 0 Å². The quantitative estimate of drug-likeness (QED) is 0.925. The molecule has 1 aromatic heterocycles. The van der Waals surface area contributed by atoms with Gasteiger partial charge in [0.15, 0.2) is 0 Å². The number of hydrogen-bond donors (Lipinski definition) is 1. The first kappa shape index (κ1) is 14.8. The van der Waals surface area contributed by atoms with Crippen molar-refractivity contribution < 1.29 is 0 Å². The van der Waals surface area contributed by atoms with E-state index in [4.69, 9.17) is 4.98 Å². The minimum atomic E-state index is 0.539. The molecule has 2 saturated heterocycles. The molecular weight excluding hydrogens is 260 g/mol. The Hall–Kier alpha value is -1.13. The predicted molar refractivity (Wildman–Crippen MR) is 87.8 cm³/mol. The molecule has 2 aliphatic heterocycles. The number of nitrogens with one attached hydrogen (secondary N) is 1. The molecule has 1 aromatic rings. The fourth-order valence-electron chi connectivity index (χ4n) is 3.72. The van der Waals surface area contributed by atoms with Crippen LogP contribution >= 0.6 is 0 Å². The number of anilines is 1. The number of piperazine rings is 1. The van der Waals surface area contributed by atoms with E-state index in [2.05, 4.69) is 41.1 Å². The molecule has 0 amide bonds. The van der Waals surface area contributed by atoms with Crippen molar-refractivity contribution in [2.75, 3.05) is 37.6 Å². The molecule has 0 unspecified atom stereocenters. The van der Waals surface area contributed by atoms with Gasteiger partial charge in [-0.3, -0.25) is 4.90 Å². The van der Waals surface area contributed by atoms with Gasteiger partial charge in [-0.1, -0.05) is 12.5 Å². The SMILES string of the molecule is CC(C)N1CCCC[C@H]1c1cccnc1N1CCNCC1. The first-order chi connectivity index (χ1) is 10.3. The van der Waals surface area contributed by atoms with Gasteiger partial charge in [-0.2, -0.15) is 0 Å². The molecule has 3 heterocycles. The Bertz CT molecular complexity index is 454. The van der Waals surface area contributed by atoms with E-state index in [0.29, 0.717) is 12.1 Å². The van der Waals surface area contributed by atoms with Crippen LogP contribution in [-0.4, -0.2) is 48.6 Å². The van der Waals surface area contributed by atoms with Crippen LogP contribution in [0.1, 0.15) is 44.7 Å². The fourth-order valence-corrected chi connectivity index (χ4v) is 3.72. The molecule has 1 atom stereocenters. The van der Waals surface area contributed by atoms with Crippen LogP contribution in [0, 0.1) is 0 Å². The molecule has 4 heteroatoms. The van der Waals surface area contributed by atoms with Crippen molar-refractivity contribution in [1.82, 2.24) is 15.2 Å². The summed E-state index contributed by atoms with van der Waals surface area (Å²) in [6.45, 7) is 10.1. The van der Waals surface area contributed by atoms with Crippen LogP contribution in [0.3, 0.4) is 0 Å². The maximum absolute atomic E-state index is 4.74. The lowest BCUT2D eigenvalue weighted by atomic mass is 9.94. The maximum atomic E-state index is 4.74. The Balaban J connectivity index is 1.89. The van der Waals surface area contributed by atoms with Crippen LogP contribution in [0.4, 0.5) is 5.82 Å². The number of likely N-dealkylation sites (tertiary alicyclic amines) is 1. The van der Waals surface area contributed by atoms with Crippen LogP contribution < -0.4 is 10.2 Å². The molecule has 0 radical (unpaired) electrons. The number of piperidine rings is 1. The molecule has 0 aliphatic carbocycles. The van der Waals surface area contributed by atoms with E-state index in [-0.39, 0.29) is 0 Å². The highest BCUT2D eigenvalue weighted by atomic mass is 15.2. The molecule has 4 nitrogen and oxygen atoms in total. The lowest BCUT2D eigenvalue weighted by molar-refractivity contribution is 0.112. The summed E-state index contributed by atoms with van der Waals surface area (Å²) in [7, 11) is 0. The molecular formula is C17H28N4. The number of rotatable bonds is 3. The van der Waals surface area contributed by atoms with Gasteiger partial charge in [0.2, 0.25) is 0 Å². The first-order valence-corrected chi connectivity index (χ1v) is 8.43. The summed E-state index contributed by atoms with van der Waals surface area (Å²) in [5.41, 5.74) is 1.44. The smallest absolute Gasteiger partial charge is 0.133 e. The van der Waals surface area contributed by atoms with Crippen LogP contribution in [0.15, 0.2) is 18.3 Å². The minimum Gasteiger partial charge on any atom is -0.354 e. The van der Waals surface area contributed by atoms with E-state index in [9.17, 15) is 0 Å². The highest BCUT2D eigenvalue weighted by Crippen LogP contribution is 2.36. The summed E-state index contributed by atoms with van der Waals surface area (Å²) in [5, 5.41) is 3.43. The Kier molecular flexibility index (Phi) is 4.76. The van der Waals surface area contributed by atoms with Gasteiger partial charge >= 0.3 is 0 Å². The van der Waals surface area contributed by atoms with Crippen molar-refractivity contribution in [3.05, 3.63) is 23.9 Å². The topological polar surface area (TPSA) is 31.4 Å². The second-order valence-electron chi connectivity index (χ2n) is 6.50. The molecule has 21 heavy (non-hydrogen) atoms. The normalized spacial score (nSPS) is 24.5. The van der Waals surface area contributed by atoms with E-state index in [0.717, 1.165) is 26.2 Å². The van der Waals surface area contributed by atoms with E-state index in [1.54, 1.807) is 0 Å². The van der Waals surface area contributed by atoms with Gasteiger partial charge in [0.1, 0.15) is 5.82 Å². The third-order valence-electron chi connectivity index (χ3n) is 4.80. The third-order valence-corrected chi connectivity index (χ3v) is 4.80. The largest absolute Gasteiger partial charge is 0.354 e. The number of aromatic nitrogens is 1. The van der Waals surface area contributed by atoms with Crippen molar-refractivity contribution in [3.8, 4) is 0 Å². The average molecular weight is 288 g/mol. The molecule has 3 rings (SSSR count). The number of nitrogens with zero attached hydrogens (tertiary/aromatic N) is 3. The van der Waals surface area contributed by atoms with E-state index in [1.165, 1.54) is 37.2 Å². The van der Waals surface area contributed by atoms with Gasteiger partial charge < -0.3 is 10.2 Å². The van der Waals surface area contributed by atoms with Crippen LogP contribution in [0.2, 0.25) is 0 Å². The molecule has 0 saturated carbocycles. The number of hydrogen-bond acceptors (Lipinski definition) is 4. The predicted octanol–water partition coefficient (Wildman–Crippen LogP) is 2.43. The Labute approximate surface area is 128 Å². The van der Waals surface area contributed by atoms with E-state index in [1.807, 2.05) is 6.20 Å². The standard InChI is InChI=1S/C17H28N4/c1-14(2)21-11-4-3-7-16(21)15-6-5-8-19-17(15)20-12-9-18-10-13-20/h5-6,8,14,16,18H,3-4,7,9-13H2,1-2H3/t16-/m0/s1. The summed E-state index contributed by atoms with van der Waals surface area (Å²) in [6, 6.07) is 5.55. The van der Waals surface area contributed by atoms with Crippen molar-refractivity contribution in [2.24, 2.45) is 0 Å². The van der Waals surface area contributed by atoms with Crippen LogP contribution in [0.5, 0.6) is 0 Å².